The van der Waals surface area contributed by atoms with Crippen LogP contribution in [0.15, 0.2) is 35.9 Å². The predicted molar refractivity (Wildman–Crippen MR) is 101 cm³/mol. The van der Waals surface area contributed by atoms with Crippen LogP contribution in [0.4, 0.5) is 13.2 Å². The maximum absolute atomic E-state index is 14.3. The zero-order valence-corrected chi connectivity index (χ0v) is 15.9. The van der Waals surface area contributed by atoms with Gasteiger partial charge in [0.05, 0.1) is 13.2 Å². The molecule has 7 heteroatoms. The summed E-state index contributed by atoms with van der Waals surface area (Å²) in [5.74, 6) is -3.67. The summed E-state index contributed by atoms with van der Waals surface area (Å²) >= 11 is 0. The summed E-state index contributed by atoms with van der Waals surface area (Å²) in [7, 11) is 0. The maximum Gasteiger partial charge on any atom is 0.303 e. The second-order valence-electron chi connectivity index (χ2n) is 6.92. The quantitative estimate of drug-likeness (QED) is 0.725. The molecule has 2 aromatic rings. The Balaban J connectivity index is 1.80. The summed E-state index contributed by atoms with van der Waals surface area (Å²) in [5, 5.41) is 8.70. The van der Waals surface area contributed by atoms with E-state index in [9.17, 15) is 18.0 Å². The highest BCUT2D eigenvalue weighted by Gasteiger charge is 2.19. The summed E-state index contributed by atoms with van der Waals surface area (Å²) in [5.41, 5.74) is 2.95. The molecule has 0 aromatic heterocycles. The molecule has 1 aliphatic heterocycles. The third-order valence-corrected chi connectivity index (χ3v) is 4.82. The molecule has 29 heavy (non-hydrogen) atoms. The lowest BCUT2D eigenvalue weighted by Gasteiger charge is -2.22. The summed E-state index contributed by atoms with van der Waals surface area (Å²) in [6, 6.07) is 7.02. The molecular weight excluding hydrogens is 385 g/mol. The molecule has 1 heterocycles. The van der Waals surface area contributed by atoms with Crippen molar-refractivity contribution in [2.75, 3.05) is 19.8 Å². The molecule has 0 saturated carbocycles. The molecule has 4 nitrogen and oxygen atoms in total. The van der Waals surface area contributed by atoms with E-state index in [2.05, 4.69) is 0 Å². The van der Waals surface area contributed by atoms with Gasteiger partial charge in [0.2, 0.25) is 0 Å². The van der Waals surface area contributed by atoms with Crippen LogP contribution >= 0.6 is 0 Å². The van der Waals surface area contributed by atoms with Crippen molar-refractivity contribution in [2.45, 2.75) is 26.2 Å². The number of aliphatic carboxylic acids is 1. The Labute approximate surface area is 166 Å². The van der Waals surface area contributed by atoms with Gasteiger partial charge < -0.3 is 14.6 Å². The molecule has 0 unspecified atom stereocenters. The zero-order valence-electron chi connectivity index (χ0n) is 15.9. The first-order valence-corrected chi connectivity index (χ1v) is 9.23. The SMILES string of the molecule is Cc1ccc(C2=C(COc3c(F)cc(CCC(=O)O)cc3F)CCOC2)cc1F. The van der Waals surface area contributed by atoms with Crippen molar-refractivity contribution < 1.29 is 32.5 Å². The fourth-order valence-electron chi connectivity index (χ4n) is 3.16. The molecule has 0 amide bonds. The van der Waals surface area contributed by atoms with Crippen LogP contribution in [-0.4, -0.2) is 30.9 Å². The average Bonchev–Trinajstić information content (AvgIpc) is 2.68. The normalized spacial score (nSPS) is 14.2. The Morgan fingerprint density at radius 3 is 2.52 bits per heavy atom. The molecule has 0 fully saturated rings. The van der Waals surface area contributed by atoms with Crippen molar-refractivity contribution >= 4 is 11.5 Å². The van der Waals surface area contributed by atoms with E-state index >= 15 is 0 Å². The highest BCUT2D eigenvalue weighted by Crippen LogP contribution is 2.29. The second kappa shape index (κ2) is 9.13. The lowest BCUT2D eigenvalue weighted by molar-refractivity contribution is -0.136. The Bertz CT molecular complexity index is 930. The van der Waals surface area contributed by atoms with Crippen molar-refractivity contribution in [3.63, 3.8) is 0 Å². The molecule has 1 N–H and O–H groups in total. The van der Waals surface area contributed by atoms with E-state index in [0.29, 0.717) is 24.2 Å². The summed E-state index contributed by atoms with van der Waals surface area (Å²) in [4.78, 5) is 10.6. The van der Waals surface area contributed by atoms with E-state index in [1.807, 2.05) is 0 Å². The molecule has 3 rings (SSSR count). The Kier molecular flexibility index (Phi) is 6.59. The van der Waals surface area contributed by atoms with Crippen LogP contribution in [0.5, 0.6) is 5.75 Å². The fourth-order valence-corrected chi connectivity index (χ4v) is 3.16. The lowest BCUT2D eigenvalue weighted by atomic mass is 9.96. The first-order chi connectivity index (χ1) is 13.8. The van der Waals surface area contributed by atoms with E-state index in [0.717, 1.165) is 23.3 Å². The summed E-state index contributed by atoms with van der Waals surface area (Å²) in [6.07, 6.45) is 0.308. The third kappa shape index (κ3) is 5.17. The molecule has 1 aliphatic rings. The predicted octanol–water partition coefficient (Wildman–Crippen LogP) is 4.68. The van der Waals surface area contributed by atoms with Crippen LogP contribution in [0.1, 0.15) is 29.5 Å². The highest BCUT2D eigenvalue weighted by molar-refractivity contribution is 5.70. The molecule has 0 bridgehead atoms. The Morgan fingerprint density at radius 2 is 1.86 bits per heavy atom. The molecule has 0 aliphatic carbocycles. The van der Waals surface area contributed by atoms with Gasteiger partial charge in [0.1, 0.15) is 12.4 Å². The first kappa shape index (κ1) is 20.9. The molecule has 0 atom stereocenters. The second-order valence-corrected chi connectivity index (χ2v) is 6.92. The van der Waals surface area contributed by atoms with E-state index in [4.69, 9.17) is 14.6 Å². The molecular formula is C22H21F3O4. The van der Waals surface area contributed by atoms with Gasteiger partial charge in [0.25, 0.3) is 0 Å². The van der Waals surface area contributed by atoms with Crippen molar-refractivity contribution in [3.05, 3.63) is 70.0 Å². The third-order valence-electron chi connectivity index (χ3n) is 4.82. The van der Waals surface area contributed by atoms with Crippen molar-refractivity contribution in [3.8, 4) is 5.75 Å². The van der Waals surface area contributed by atoms with E-state index in [-0.39, 0.29) is 37.4 Å². The number of rotatable bonds is 7. The molecule has 154 valence electrons. The van der Waals surface area contributed by atoms with Gasteiger partial charge in [-0.05, 0) is 65.8 Å². The number of aryl methyl sites for hydroxylation is 2. The van der Waals surface area contributed by atoms with E-state index in [1.165, 1.54) is 6.07 Å². The van der Waals surface area contributed by atoms with Gasteiger partial charge in [-0.1, -0.05) is 12.1 Å². The monoisotopic (exact) mass is 406 g/mol. The standard InChI is InChI=1S/C22H21F3O4/c1-13-2-4-15(10-18(13)23)17-12-28-7-6-16(17)11-29-22-19(24)8-14(9-20(22)25)3-5-21(26)27/h2,4,8-10H,3,5-7,11-12H2,1H3,(H,26,27). The number of benzene rings is 2. The average molecular weight is 406 g/mol. The van der Waals surface area contributed by atoms with Crippen molar-refractivity contribution in [2.24, 2.45) is 0 Å². The largest absolute Gasteiger partial charge is 0.483 e. The van der Waals surface area contributed by atoms with Crippen molar-refractivity contribution in [1.82, 2.24) is 0 Å². The van der Waals surface area contributed by atoms with Gasteiger partial charge in [-0.25, -0.2) is 13.2 Å². The van der Waals surface area contributed by atoms with Crippen LogP contribution in [0, 0.1) is 24.4 Å². The number of halogens is 3. The Morgan fingerprint density at radius 1 is 1.14 bits per heavy atom. The molecule has 0 radical (unpaired) electrons. The number of carbonyl (C=O) groups is 1. The van der Waals surface area contributed by atoms with Crippen molar-refractivity contribution in [1.29, 1.82) is 0 Å². The summed E-state index contributed by atoms with van der Waals surface area (Å²) < 4.78 is 53.4. The Hall–Kier alpha value is -2.80. The molecule has 2 aromatic carbocycles. The van der Waals surface area contributed by atoms with Crippen LogP contribution in [0.25, 0.3) is 5.57 Å². The van der Waals surface area contributed by atoms with Gasteiger partial charge in [0, 0.05) is 6.42 Å². The van der Waals surface area contributed by atoms with Gasteiger partial charge in [-0.2, -0.15) is 0 Å². The molecule has 0 spiro atoms. The summed E-state index contributed by atoms with van der Waals surface area (Å²) in [6.45, 7) is 2.31. The van der Waals surface area contributed by atoms with Gasteiger partial charge >= 0.3 is 5.97 Å². The number of hydrogen-bond acceptors (Lipinski definition) is 3. The number of hydrogen-bond donors (Lipinski definition) is 1. The van der Waals surface area contributed by atoms with Gasteiger partial charge in [-0.3, -0.25) is 4.79 Å². The van der Waals surface area contributed by atoms with E-state index in [1.54, 1.807) is 19.1 Å². The number of carboxylic acids is 1. The van der Waals surface area contributed by atoms with Crippen LogP contribution in [0.2, 0.25) is 0 Å². The minimum atomic E-state index is -1.04. The highest BCUT2D eigenvalue weighted by atomic mass is 19.1. The number of ether oxygens (including phenoxy) is 2. The number of carboxylic acid groups (broad SMARTS) is 1. The van der Waals surface area contributed by atoms with E-state index < -0.39 is 23.4 Å². The van der Waals surface area contributed by atoms with Gasteiger partial charge in [0.15, 0.2) is 17.4 Å². The van der Waals surface area contributed by atoms with Gasteiger partial charge in [-0.15, -0.1) is 0 Å². The molecule has 0 saturated heterocycles. The zero-order chi connectivity index (χ0) is 21.0. The van der Waals surface area contributed by atoms with Crippen LogP contribution in [-0.2, 0) is 16.0 Å². The lowest BCUT2D eigenvalue weighted by Crippen LogP contribution is -2.16. The first-order valence-electron chi connectivity index (χ1n) is 9.23. The smallest absolute Gasteiger partial charge is 0.303 e. The fraction of sp³-hybridized carbons (Fsp3) is 0.318. The van der Waals surface area contributed by atoms with Crippen LogP contribution < -0.4 is 4.74 Å². The minimum absolute atomic E-state index is 0.0229. The minimum Gasteiger partial charge on any atom is -0.483 e. The van der Waals surface area contributed by atoms with Crippen LogP contribution in [0.3, 0.4) is 0 Å². The maximum atomic E-state index is 14.3. The topological polar surface area (TPSA) is 55.8 Å².